The van der Waals surface area contributed by atoms with Gasteiger partial charge in [-0.2, -0.15) is 0 Å². The second kappa shape index (κ2) is 7.77. The molecule has 0 saturated carbocycles. The van der Waals surface area contributed by atoms with E-state index in [2.05, 4.69) is 42.2 Å². The predicted molar refractivity (Wildman–Crippen MR) is 95.8 cm³/mol. The van der Waals surface area contributed by atoms with Gasteiger partial charge < -0.3 is 22.2 Å². The molecule has 1 aromatic heterocycles. The van der Waals surface area contributed by atoms with Gasteiger partial charge in [0.05, 0.1) is 30.2 Å². The third kappa shape index (κ3) is 3.41. The summed E-state index contributed by atoms with van der Waals surface area (Å²) in [5.41, 5.74) is 1.31. The molecule has 2 aromatic rings. The number of para-hydroxylation sites is 1. The van der Waals surface area contributed by atoms with Gasteiger partial charge in [-0.25, -0.2) is 4.98 Å². The van der Waals surface area contributed by atoms with Crippen molar-refractivity contribution < 1.29 is 17.3 Å². The molecule has 4 rings (SSSR count). The smallest absolute Gasteiger partial charge is 0.147 e. The number of nitrogens with zero attached hydrogens (tertiary/aromatic N) is 2. The summed E-state index contributed by atoms with van der Waals surface area (Å²) < 4.78 is 0. The topological polar surface area (TPSA) is 20.6 Å². The number of benzene rings is 1. The molecule has 1 aromatic carbocycles. The third-order valence-electron chi connectivity index (χ3n) is 5.03. The van der Waals surface area contributed by atoms with Crippen LogP contribution in [0.15, 0.2) is 52.4 Å². The second-order valence-electron chi connectivity index (χ2n) is 6.63. The lowest BCUT2D eigenvalue weighted by Gasteiger charge is -2.36. The number of rotatable bonds is 3. The van der Waals surface area contributed by atoms with E-state index >= 15 is 0 Å². The maximum atomic E-state index is 4.69. The van der Waals surface area contributed by atoms with Crippen LogP contribution in [-0.2, 0) is 0 Å². The monoisotopic (exact) mass is 361 g/mol. The summed E-state index contributed by atoms with van der Waals surface area (Å²) in [6.07, 6.45) is 6.07. The molecule has 0 radical (unpaired) electrons. The summed E-state index contributed by atoms with van der Waals surface area (Å²) in [5, 5.41) is 0. The van der Waals surface area contributed by atoms with Gasteiger partial charge in [0.25, 0.3) is 0 Å². The van der Waals surface area contributed by atoms with E-state index < -0.39 is 0 Å². The first-order chi connectivity index (χ1) is 11.3. The summed E-state index contributed by atoms with van der Waals surface area (Å²) in [4.78, 5) is 11.5. The van der Waals surface area contributed by atoms with Crippen molar-refractivity contribution in [3.63, 3.8) is 0 Å². The molecule has 3 nitrogen and oxygen atoms in total. The van der Waals surface area contributed by atoms with Gasteiger partial charge in [0.15, 0.2) is 0 Å². The number of fused-ring (bicyclic) bond motifs is 2. The van der Waals surface area contributed by atoms with E-state index in [0.717, 1.165) is 12.4 Å². The predicted octanol–water partition coefficient (Wildman–Crippen LogP) is 0.146. The van der Waals surface area contributed by atoms with Crippen molar-refractivity contribution >= 4 is 23.3 Å². The van der Waals surface area contributed by atoms with Crippen LogP contribution in [0.25, 0.3) is 0 Å². The Labute approximate surface area is 154 Å². The molecule has 0 aliphatic carbocycles. The average Bonchev–Trinajstić information content (AvgIpc) is 2.62. The molecule has 24 heavy (non-hydrogen) atoms. The van der Waals surface area contributed by atoms with Gasteiger partial charge in [0.1, 0.15) is 11.9 Å². The van der Waals surface area contributed by atoms with E-state index in [-0.39, 0.29) is 12.4 Å². The molecule has 0 bridgehead atoms. The highest BCUT2D eigenvalue weighted by Gasteiger charge is 2.29. The Hall–Kier alpha value is -1.23. The van der Waals surface area contributed by atoms with Crippen LogP contribution in [-0.4, -0.2) is 30.7 Å². The van der Waals surface area contributed by atoms with Crippen LogP contribution in [0.4, 0.5) is 11.5 Å². The largest absolute Gasteiger partial charge is 1.00 e. The molecule has 1 N–H and O–H groups in total. The number of anilines is 2. The third-order valence-corrected chi connectivity index (χ3v) is 6.14. The molecule has 1 unspecified atom stereocenters. The first-order valence-corrected chi connectivity index (χ1v) is 9.48. The Morgan fingerprint density at radius 2 is 1.83 bits per heavy atom. The molecule has 0 spiro atoms. The zero-order valence-electron chi connectivity index (χ0n) is 14.0. The van der Waals surface area contributed by atoms with Gasteiger partial charge in [0, 0.05) is 11.1 Å². The van der Waals surface area contributed by atoms with E-state index in [1.807, 2.05) is 24.0 Å². The number of nitrogens with one attached hydrogen (secondary N) is 1. The first-order valence-electron chi connectivity index (χ1n) is 8.67. The fourth-order valence-corrected chi connectivity index (χ4v) is 4.82. The fourth-order valence-electron chi connectivity index (χ4n) is 3.75. The Balaban J connectivity index is 0.00000169. The molecule has 2 aliphatic heterocycles. The van der Waals surface area contributed by atoms with Crippen molar-refractivity contribution in [1.82, 2.24) is 4.98 Å². The van der Waals surface area contributed by atoms with Crippen molar-refractivity contribution in [2.45, 2.75) is 42.0 Å². The number of pyridine rings is 1. The van der Waals surface area contributed by atoms with Crippen molar-refractivity contribution in [3.8, 4) is 0 Å². The summed E-state index contributed by atoms with van der Waals surface area (Å²) in [6.45, 7) is 6.07. The molecule has 5 heteroatoms. The summed E-state index contributed by atoms with van der Waals surface area (Å²) in [6, 6.07) is 13.6. The van der Waals surface area contributed by atoms with Crippen LogP contribution in [0.2, 0.25) is 0 Å². The van der Waals surface area contributed by atoms with E-state index in [1.54, 1.807) is 4.90 Å². The zero-order chi connectivity index (χ0) is 15.6. The lowest BCUT2D eigenvalue weighted by Crippen LogP contribution is -3.16. The number of likely N-dealkylation sites (tertiary alicyclic amines) is 1. The molecule has 2 aliphatic rings. The first kappa shape index (κ1) is 17.6. The normalized spacial score (nSPS) is 18.3. The average molecular weight is 362 g/mol. The number of aromatic nitrogens is 1. The highest BCUT2D eigenvalue weighted by Crippen LogP contribution is 2.46. The van der Waals surface area contributed by atoms with Crippen LogP contribution in [0, 0.1) is 0 Å². The maximum absolute atomic E-state index is 4.69. The fraction of sp³-hybridized carbons (Fsp3) is 0.421. The Bertz CT molecular complexity index is 642. The maximum Gasteiger partial charge on any atom is 0.147 e. The van der Waals surface area contributed by atoms with E-state index in [0.29, 0.717) is 6.04 Å². The van der Waals surface area contributed by atoms with E-state index in [9.17, 15) is 0 Å². The lowest BCUT2D eigenvalue weighted by molar-refractivity contribution is -0.926. The zero-order valence-corrected chi connectivity index (χ0v) is 15.6. The van der Waals surface area contributed by atoms with Crippen molar-refractivity contribution in [2.24, 2.45) is 0 Å². The molecular weight excluding hydrogens is 338 g/mol. The minimum Gasteiger partial charge on any atom is -1.00 e. The standard InChI is InChI=1S/C19H23N3S.ClH/c1-15(21-12-5-2-6-13-21)14-22-16-8-3-4-9-17(16)23-18-10-7-11-20-19(18)22;/h3-4,7-11,15H,2,5-6,12-14H2,1H3;1H. The van der Waals surface area contributed by atoms with Crippen molar-refractivity contribution in [2.75, 3.05) is 24.5 Å². The molecular formula is C19H24ClN3S. The van der Waals surface area contributed by atoms with Crippen LogP contribution in [0.5, 0.6) is 0 Å². The number of hydrogen-bond donors (Lipinski definition) is 1. The van der Waals surface area contributed by atoms with Gasteiger partial charge in [-0.3, -0.25) is 0 Å². The Kier molecular flexibility index (Phi) is 5.69. The molecule has 128 valence electrons. The van der Waals surface area contributed by atoms with Gasteiger partial charge in [0.2, 0.25) is 0 Å². The highest BCUT2D eigenvalue weighted by molar-refractivity contribution is 7.99. The second-order valence-corrected chi connectivity index (χ2v) is 7.71. The summed E-state index contributed by atoms with van der Waals surface area (Å²) >= 11 is 1.84. The van der Waals surface area contributed by atoms with Crippen LogP contribution >= 0.6 is 11.8 Å². The minimum absolute atomic E-state index is 0. The van der Waals surface area contributed by atoms with Crippen molar-refractivity contribution in [3.05, 3.63) is 42.6 Å². The molecule has 0 amide bonds. The van der Waals surface area contributed by atoms with E-state index in [4.69, 9.17) is 4.98 Å². The van der Waals surface area contributed by atoms with Crippen LogP contribution in [0.1, 0.15) is 26.2 Å². The number of halogens is 1. The van der Waals surface area contributed by atoms with Crippen LogP contribution < -0.4 is 22.2 Å². The number of hydrogen-bond acceptors (Lipinski definition) is 3. The van der Waals surface area contributed by atoms with Gasteiger partial charge in [-0.05, 0) is 50.5 Å². The quantitative estimate of drug-likeness (QED) is 0.840. The molecule has 1 atom stereocenters. The van der Waals surface area contributed by atoms with E-state index in [1.165, 1.54) is 47.8 Å². The molecule has 3 heterocycles. The van der Waals surface area contributed by atoms with Gasteiger partial charge in [-0.1, -0.05) is 23.9 Å². The lowest BCUT2D eigenvalue weighted by atomic mass is 10.1. The Morgan fingerprint density at radius 3 is 2.67 bits per heavy atom. The van der Waals surface area contributed by atoms with Crippen molar-refractivity contribution in [1.29, 1.82) is 0 Å². The summed E-state index contributed by atoms with van der Waals surface area (Å²) in [5.74, 6) is 1.12. The highest BCUT2D eigenvalue weighted by atomic mass is 35.5. The van der Waals surface area contributed by atoms with Gasteiger partial charge >= 0.3 is 0 Å². The number of quaternary nitrogens is 1. The SMILES string of the molecule is CC(CN1c2ccccc2Sc2cccnc21)[NH+]1CCCCC1.[Cl-]. The number of piperidine rings is 1. The summed E-state index contributed by atoms with van der Waals surface area (Å²) in [7, 11) is 0. The Morgan fingerprint density at radius 1 is 1.08 bits per heavy atom. The molecule has 1 fully saturated rings. The molecule has 1 saturated heterocycles. The van der Waals surface area contributed by atoms with Gasteiger partial charge in [-0.15, -0.1) is 0 Å². The minimum atomic E-state index is 0. The van der Waals surface area contributed by atoms with Crippen LogP contribution in [0.3, 0.4) is 0 Å².